The summed E-state index contributed by atoms with van der Waals surface area (Å²) < 4.78 is 5.53. The van der Waals surface area contributed by atoms with Crippen LogP contribution in [0.2, 0.25) is 0 Å². The standard InChI is InChI=1S/C18H24N2O5/c1-13(2)10-19(11-18(23)24)17(22)12-25-15-6-3-5-14(9-15)20-8-4-7-16(20)21/h3,5-6,9,13H,4,7-8,10-12H2,1-2H3,(H,23,24). The molecule has 0 spiro atoms. The highest BCUT2D eigenvalue weighted by atomic mass is 16.5. The second-order valence-corrected chi connectivity index (χ2v) is 6.50. The Bertz CT molecular complexity index is 644. The first-order valence-electron chi connectivity index (χ1n) is 8.39. The van der Waals surface area contributed by atoms with Crippen molar-refractivity contribution in [3.8, 4) is 5.75 Å². The Labute approximate surface area is 147 Å². The van der Waals surface area contributed by atoms with E-state index in [-0.39, 0.29) is 30.9 Å². The molecule has 136 valence electrons. The number of carboxylic acid groups (broad SMARTS) is 1. The van der Waals surface area contributed by atoms with Crippen LogP contribution < -0.4 is 9.64 Å². The van der Waals surface area contributed by atoms with Crippen LogP contribution in [0.1, 0.15) is 26.7 Å². The maximum absolute atomic E-state index is 12.3. The Hall–Kier alpha value is -2.57. The number of benzene rings is 1. The molecule has 0 aliphatic carbocycles. The normalized spacial score (nSPS) is 14.0. The van der Waals surface area contributed by atoms with Gasteiger partial charge in [-0.05, 0) is 24.5 Å². The fourth-order valence-electron chi connectivity index (χ4n) is 2.76. The molecule has 0 radical (unpaired) electrons. The second-order valence-electron chi connectivity index (χ2n) is 6.50. The minimum Gasteiger partial charge on any atom is -0.484 e. The SMILES string of the molecule is CC(C)CN(CC(=O)O)C(=O)COc1cccc(N2CCCC2=O)c1. The van der Waals surface area contributed by atoms with Gasteiger partial charge < -0.3 is 19.6 Å². The highest BCUT2D eigenvalue weighted by molar-refractivity contribution is 5.95. The molecule has 0 bridgehead atoms. The molecule has 1 aromatic carbocycles. The van der Waals surface area contributed by atoms with Crippen molar-refractivity contribution in [1.82, 2.24) is 4.90 Å². The largest absolute Gasteiger partial charge is 0.484 e. The van der Waals surface area contributed by atoms with Gasteiger partial charge in [0.1, 0.15) is 12.3 Å². The molecule has 7 nitrogen and oxygen atoms in total. The van der Waals surface area contributed by atoms with Gasteiger partial charge in [-0.3, -0.25) is 14.4 Å². The van der Waals surface area contributed by atoms with E-state index in [0.717, 1.165) is 12.1 Å². The number of amides is 2. The Balaban J connectivity index is 1.98. The predicted octanol–water partition coefficient (Wildman–Crippen LogP) is 1.76. The molecule has 1 aliphatic rings. The molecule has 0 atom stereocenters. The van der Waals surface area contributed by atoms with Crippen LogP contribution in [0.3, 0.4) is 0 Å². The van der Waals surface area contributed by atoms with Gasteiger partial charge in [0.05, 0.1) is 0 Å². The summed E-state index contributed by atoms with van der Waals surface area (Å²) in [6, 6.07) is 7.03. The van der Waals surface area contributed by atoms with Crippen molar-refractivity contribution in [2.45, 2.75) is 26.7 Å². The Morgan fingerprint density at radius 3 is 2.72 bits per heavy atom. The van der Waals surface area contributed by atoms with Gasteiger partial charge in [0.25, 0.3) is 5.91 Å². The third-order valence-corrected chi connectivity index (χ3v) is 3.83. The summed E-state index contributed by atoms with van der Waals surface area (Å²) in [5, 5.41) is 8.94. The smallest absolute Gasteiger partial charge is 0.323 e. The molecule has 1 aromatic rings. The lowest BCUT2D eigenvalue weighted by Crippen LogP contribution is -2.40. The van der Waals surface area contributed by atoms with Crippen LogP contribution in [0.5, 0.6) is 5.75 Å². The van der Waals surface area contributed by atoms with E-state index >= 15 is 0 Å². The molecule has 7 heteroatoms. The van der Waals surface area contributed by atoms with Crippen LogP contribution in [-0.2, 0) is 14.4 Å². The number of anilines is 1. The number of carbonyl (C=O) groups is 3. The fraction of sp³-hybridized carbons (Fsp3) is 0.500. The lowest BCUT2D eigenvalue weighted by atomic mass is 10.2. The van der Waals surface area contributed by atoms with Gasteiger partial charge in [-0.2, -0.15) is 0 Å². The zero-order valence-electron chi connectivity index (χ0n) is 14.6. The highest BCUT2D eigenvalue weighted by Gasteiger charge is 2.22. The highest BCUT2D eigenvalue weighted by Crippen LogP contribution is 2.25. The van der Waals surface area contributed by atoms with E-state index in [1.54, 1.807) is 23.1 Å². The number of hydrogen-bond acceptors (Lipinski definition) is 4. The quantitative estimate of drug-likeness (QED) is 0.773. The number of nitrogens with zero attached hydrogens (tertiary/aromatic N) is 2. The maximum Gasteiger partial charge on any atom is 0.323 e. The van der Waals surface area contributed by atoms with Crippen molar-refractivity contribution in [2.24, 2.45) is 5.92 Å². The Morgan fingerprint density at radius 2 is 2.12 bits per heavy atom. The van der Waals surface area contributed by atoms with E-state index in [1.807, 2.05) is 19.9 Å². The number of rotatable bonds is 8. The number of ether oxygens (including phenoxy) is 1. The van der Waals surface area contributed by atoms with E-state index in [1.165, 1.54) is 4.90 Å². The lowest BCUT2D eigenvalue weighted by molar-refractivity contribution is -0.145. The van der Waals surface area contributed by atoms with Crippen molar-refractivity contribution in [3.63, 3.8) is 0 Å². The fourth-order valence-corrected chi connectivity index (χ4v) is 2.76. The zero-order valence-corrected chi connectivity index (χ0v) is 14.6. The van der Waals surface area contributed by atoms with Gasteiger partial charge in [0.15, 0.2) is 6.61 Å². The third kappa shape index (κ3) is 5.48. The monoisotopic (exact) mass is 348 g/mol. The summed E-state index contributed by atoms with van der Waals surface area (Å²) in [6.07, 6.45) is 1.38. The summed E-state index contributed by atoms with van der Waals surface area (Å²) in [5.74, 6) is -0.710. The average Bonchev–Trinajstić information content (AvgIpc) is 2.97. The van der Waals surface area contributed by atoms with E-state index < -0.39 is 5.97 Å². The molecule has 2 amide bonds. The van der Waals surface area contributed by atoms with Crippen molar-refractivity contribution < 1.29 is 24.2 Å². The first-order valence-corrected chi connectivity index (χ1v) is 8.39. The van der Waals surface area contributed by atoms with E-state index in [2.05, 4.69) is 0 Å². The Kier molecular flexibility index (Phi) is 6.38. The predicted molar refractivity (Wildman–Crippen MR) is 92.6 cm³/mol. The van der Waals surface area contributed by atoms with Crippen LogP contribution in [0.15, 0.2) is 24.3 Å². The van der Waals surface area contributed by atoms with Crippen molar-refractivity contribution in [1.29, 1.82) is 0 Å². The summed E-state index contributed by atoms with van der Waals surface area (Å²) in [6.45, 7) is 4.29. The molecular formula is C18H24N2O5. The van der Waals surface area contributed by atoms with Gasteiger partial charge in [0.2, 0.25) is 5.91 Å². The number of hydrogen-bond donors (Lipinski definition) is 1. The van der Waals surface area contributed by atoms with Crippen LogP contribution in [0, 0.1) is 5.92 Å². The van der Waals surface area contributed by atoms with Crippen molar-refractivity contribution >= 4 is 23.5 Å². The van der Waals surface area contributed by atoms with Crippen LogP contribution in [0.4, 0.5) is 5.69 Å². The summed E-state index contributed by atoms with van der Waals surface area (Å²) in [4.78, 5) is 38.0. The molecule has 25 heavy (non-hydrogen) atoms. The molecule has 0 unspecified atom stereocenters. The molecular weight excluding hydrogens is 324 g/mol. The van der Waals surface area contributed by atoms with Crippen molar-refractivity contribution in [2.75, 3.05) is 31.1 Å². The second kappa shape index (κ2) is 8.50. The number of carboxylic acids is 1. The maximum atomic E-state index is 12.3. The van der Waals surface area contributed by atoms with Gasteiger partial charge >= 0.3 is 5.97 Å². The van der Waals surface area contributed by atoms with Crippen molar-refractivity contribution in [3.05, 3.63) is 24.3 Å². The molecule has 2 rings (SSSR count). The lowest BCUT2D eigenvalue weighted by Gasteiger charge is -2.23. The van der Waals surface area contributed by atoms with Crippen LogP contribution in [0.25, 0.3) is 0 Å². The molecule has 1 N–H and O–H groups in total. The molecule has 1 saturated heterocycles. The molecule has 1 aliphatic heterocycles. The Morgan fingerprint density at radius 1 is 1.36 bits per heavy atom. The van der Waals surface area contributed by atoms with Gasteiger partial charge in [-0.25, -0.2) is 0 Å². The zero-order chi connectivity index (χ0) is 18.4. The number of aliphatic carboxylic acids is 1. The van der Waals surface area contributed by atoms with E-state index in [0.29, 0.717) is 25.3 Å². The summed E-state index contributed by atoms with van der Waals surface area (Å²) in [7, 11) is 0. The molecule has 0 saturated carbocycles. The van der Waals surface area contributed by atoms with E-state index in [9.17, 15) is 14.4 Å². The molecule has 1 fully saturated rings. The third-order valence-electron chi connectivity index (χ3n) is 3.83. The first-order chi connectivity index (χ1) is 11.9. The van der Waals surface area contributed by atoms with Gasteiger partial charge in [0, 0.05) is 31.3 Å². The van der Waals surface area contributed by atoms with Crippen LogP contribution >= 0.6 is 0 Å². The van der Waals surface area contributed by atoms with Crippen LogP contribution in [-0.4, -0.2) is 54.0 Å². The van der Waals surface area contributed by atoms with Gasteiger partial charge in [-0.1, -0.05) is 19.9 Å². The summed E-state index contributed by atoms with van der Waals surface area (Å²) in [5.41, 5.74) is 0.747. The number of carbonyl (C=O) groups excluding carboxylic acids is 2. The summed E-state index contributed by atoms with van der Waals surface area (Å²) >= 11 is 0. The van der Waals surface area contributed by atoms with Gasteiger partial charge in [-0.15, -0.1) is 0 Å². The topological polar surface area (TPSA) is 87.2 Å². The molecule has 1 heterocycles. The average molecular weight is 348 g/mol. The molecule has 0 aromatic heterocycles. The first kappa shape index (κ1) is 18.8. The minimum absolute atomic E-state index is 0.0813. The minimum atomic E-state index is -1.05. The van der Waals surface area contributed by atoms with E-state index in [4.69, 9.17) is 9.84 Å².